The van der Waals surface area contributed by atoms with Crippen molar-refractivity contribution in [1.29, 1.82) is 0 Å². The summed E-state index contributed by atoms with van der Waals surface area (Å²) in [4.78, 5) is 47.8. The summed E-state index contributed by atoms with van der Waals surface area (Å²) in [7, 11) is 0. The van der Waals surface area contributed by atoms with Gasteiger partial charge in [-0.05, 0) is 48.2 Å². The molecule has 0 aliphatic carbocycles. The van der Waals surface area contributed by atoms with Crippen LogP contribution in [0.25, 0.3) is 0 Å². The van der Waals surface area contributed by atoms with E-state index in [0.717, 1.165) is 16.9 Å². The van der Waals surface area contributed by atoms with E-state index in [0.29, 0.717) is 23.6 Å². The molecule has 1 fully saturated rings. The van der Waals surface area contributed by atoms with Crippen molar-refractivity contribution in [2.24, 2.45) is 0 Å². The van der Waals surface area contributed by atoms with Crippen molar-refractivity contribution in [2.45, 2.75) is 71.6 Å². The summed E-state index contributed by atoms with van der Waals surface area (Å²) in [6.07, 6.45) is -5.23. The van der Waals surface area contributed by atoms with E-state index < -0.39 is 54.4 Å². The van der Waals surface area contributed by atoms with Gasteiger partial charge in [-0.1, -0.05) is 35.9 Å². The largest absolute Gasteiger partial charge is 0.494 e. The van der Waals surface area contributed by atoms with Gasteiger partial charge in [0.2, 0.25) is 0 Å². The smallest absolute Gasteiger partial charge is 0.303 e. The minimum atomic E-state index is -1.25. The lowest BCUT2D eigenvalue weighted by Crippen LogP contribution is -2.59. The fourth-order valence-corrected chi connectivity index (χ4v) is 4.68. The number of benzene rings is 2. The van der Waals surface area contributed by atoms with Crippen LogP contribution in [0.4, 0.5) is 0 Å². The Morgan fingerprint density at radius 3 is 1.98 bits per heavy atom. The normalized spacial score (nSPS) is 22.1. The molecule has 10 nitrogen and oxygen atoms in total. The summed E-state index contributed by atoms with van der Waals surface area (Å²) < 4.78 is 33.5. The predicted octanol–water partition coefficient (Wildman–Crippen LogP) is 4.13. The molecule has 0 amide bonds. The maximum absolute atomic E-state index is 12.2. The number of carbonyl (C=O) groups excluding carboxylic acids is 4. The van der Waals surface area contributed by atoms with Gasteiger partial charge in [-0.2, -0.15) is 0 Å². The molecule has 216 valence electrons. The lowest BCUT2D eigenvalue weighted by molar-refractivity contribution is -0.254. The number of ether oxygens (including phenoxy) is 6. The van der Waals surface area contributed by atoms with Crippen LogP contribution in [-0.4, -0.2) is 61.5 Å². The third kappa shape index (κ3) is 8.43. The van der Waals surface area contributed by atoms with Crippen LogP contribution < -0.4 is 4.74 Å². The molecule has 1 aliphatic rings. The second-order valence-corrected chi connectivity index (χ2v) is 9.63. The van der Waals surface area contributed by atoms with E-state index >= 15 is 0 Å². The molecule has 0 spiro atoms. The summed E-state index contributed by atoms with van der Waals surface area (Å²) in [6, 6.07) is 12.8. The van der Waals surface area contributed by atoms with Gasteiger partial charge in [-0.25, -0.2) is 0 Å². The molecule has 0 N–H and O–H groups in total. The number of hydrogen-bond acceptors (Lipinski definition) is 10. The molecule has 2 aromatic rings. The van der Waals surface area contributed by atoms with E-state index in [4.69, 9.17) is 40.0 Å². The number of halogens is 1. The lowest BCUT2D eigenvalue weighted by Gasteiger charge is -2.44. The highest BCUT2D eigenvalue weighted by atomic mass is 35.5. The quantitative estimate of drug-likeness (QED) is 0.301. The maximum atomic E-state index is 12.2. The summed E-state index contributed by atoms with van der Waals surface area (Å²) in [5.74, 6) is -1.89. The van der Waals surface area contributed by atoms with Gasteiger partial charge >= 0.3 is 23.9 Å². The van der Waals surface area contributed by atoms with E-state index in [2.05, 4.69) is 0 Å². The topological polar surface area (TPSA) is 124 Å². The van der Waals surface area contributed by atoms with Gasteiger partial charge in [0.15, 0.2) is 18.3 Å². The zero-order valence-electron chi connectivity index (χ0n) is 23.0. The second kappa shape index (κ2) is 14.1. The molecular formula is C29H33ClO10. The second-order valence-electron chi connectivity index (χ2n) is 9.22. The van der Waals surface area contributed by atoms with Crippen LogP contribution in [-0.2, 0) is 49.3 Å². The molecule has 0 aromatic heterocycles. The Kier molecular flexibility index (Phi) is 10.9. The molecule has 0 radical (unpaired) electrons. The van der Waals surface area contributed by atoms with Gasteiger partial charge in [0.05, 0.1) is 6.61 Å². The van der Waals surface area contributed by atoms with Crippen LogP contribution in [0.2, 0.25) is 5.02 Å². The molecule has 40 heavy (non-hydrogen) atoms. The minimum Gasteiger partial charge on any atom is -0.494 e. The average molecular weight is 577 g/mol. The first-order valence-electron chi connectivity index (χ1n) is 12.8. The highest BCUT2D eigenvalue weighted by Crippen LogP contribution is 2.39. The Morgan fingerprint density at radius 1 is 0.800 bits per heavy atom. The molecule has 2 aromatic carbocycles. The highest BCUT2D eigenvalue weighted by Gasteiger charge is 2.52. The fraction of sp³-hybridized carbons (Fsp3) is 0.448. The van der Waals surface area contributed by atoms with Crippen LogP contribution in [0, 0.1) is 0 Å². The Bertz CT molecular complexity index is 1210. The number of hydrogen-bond donors (Lipinski definition) is 0. The molecule has 1 unspecified atom stereocenters. The predicted molar refractivity (Wildman–Crippen MR) is 143 cm³/mol. The molecule has 0 saturated carbocycles. The standard InChI is InChI=1S/C29H33ClO10/c1-6-35-23-10-7-20(8-11-23)13-22-14-21(9-12-24(22)30)26-28(38-18(4)33)29(39-19(5)34)27(37-17(3)32)25(40-26)15-36-16(2)31/h7-12,14,25-29H,6,13,15H2,1-5H3/t25?,26-,27-,28+,29+/m1/s1. The van der Waals surface area contributed by atoms with Crippen molar-refractivity contribution in [3.05, 3.63) is 64.2 Å². The summed E-state index contributed by atoms with van der Waals surface area (Å²) in [5, 5.41) is 0.503. The van der Waals surface area contributed by atoms with Gasteiger partial charge < -0.3 is 28.4 Å². The first-order valence-corrected chi connectivity index (χ1v) is 13.2. The Hall–Kier alpha value is -3.63. The van der Waals surface area contributed by atoms with Gasteiger partial charge in [0.25, 0.3) is 0 Å². The number of esters is 4. The summed E-state index contributed by atoms with van der Waals surface area (Å²) in [6.45, 7) is 6.94. The van der Waals surface area contributed by atoms with E-state index in [1.165, 1.54) is 27.7 Å². The first-order chi connectivity index (χ1) is 19.0. The van der Waals surface area contributed by atoms with Crippen molar-refractivity contribution in [3.8, 4) is 5.75 Å². The zero-order valence-corrected chi connectivity index (χ0v) is 23.8. The molecule has 5 atom stereocenters. The van der Waals surface area contributed by atoms with Crippen LogP contribution in [0.1, 0.15) is 57.4 Å². The third-order valence-electron chi connectivity index (χ3n) is 6.02. The number of carbonyl (C=O) groups is 4. The van der Waals surface area contributed by atoms with Gasteiger partial charge in [0, 0.05) is 32.7 Å². The lowest BCUT2D eigenvalue weighted by atomic mass is 9.89. The first kappa shape index (κ1) is 30.9. The van der Waals surface area contributed by atoms with Crippen molar-refractivity contribution in [2.75, 3.05) is 13.2 Å². The van der Waals surface area contributed by atoms with E-state index in [9.17, 15) is 19.2 Å². The van der Waals surface area contributed by atoms with Gasteiger partial charge in [0.1, 0.15) is 24.6 Å². The summed E-state index contributed by atoms with van der Waals surface area (Å²) >= 11 is 6.54. The van der Waals surface area contributed by atoms with Crippen LogP contribution in [0.5, 0.6) is 5.75 Å². The van der Waals surface area contributed by atoms with Gasteiger partial charge in [-0.15, -0.1) is 0 Å². The van der Waals surface area contributed by atoms with Crippen molar-refractivity contribution in [1.82, 2.24) is 0 Å². The minimum absolute atomic E-state index is 0.305. The third-order valence-corrected chi connectivity index (χ3v) is 6.39. The molecular weight excluding hydrogens is 544 g/mol. The summed E-state index contributed by atoms with van der Waals surface area (Å²) in [5.41, 5.74) is 2.29. The molecule has 1 aliphatic heterocycles. The van der Waals surface area contributed by atoms with E-state index in [-0.39, 0.29) is 6.61 Å². The van der Waals surface area contributed by atoms with Crippen molar-refractivity contribution < 1.29 is 47.6 Å². The molecule has 0 bridgehead atoms. The number of rotatable bonds is 10. The van der Waals surface area contributed by atoms with Crippen molar-refractivity contribution >= 4 is 35.5 Å². The monoisotopic (exact) mass is 576 g/mol. The van der Waals surface area contributed by atoms with Crippen LogP contribution in [0.15, 0.2) is 42.5 Å². The van der Waals surface area contributed by atoms with Crippen molar-refractivity contribution in [3.63, 3.8) is 0 Å². The SMILES string of the molecule is CCOc1ccc(Cc2cc([C@H]3OC(COC(C)=O)[C@@H](OC(C)=O)[C@H](OC(C)=O)[C@H]3OC(C)=O)ccc2Cl)cc1. The Labute approximate surface area is 237 Å². The fourth-order valence-electron chi connectivity index (χ4n) is 4.49. The Balaban J connectivity index is 2.03. The molecule has 3 rings (SSSR count). The average Bonchev–Trinajstić information content (AvgIpc) is 2.87. The van der Waals surface area contributed by atoms with E-state index in [1.54, 1.807) is 18.2 Å². The maximum Gasteiger partial charge on any atom is 0.303 e. The van der Waals surface area contributed by atoms with Crippen LogP contribution >= 0.6 is 11.6 Å². The highest BCUT2D eigenvalue weighted by molar-refractivity contribution is 6.31. The molecule has 1 saturated heterocycles. The van der Waals surface area contributed by atoms with E-state index in [1.807, 2.05) is 31.2 Å². The zero-order chi connectivity index (χ0) is 29.4. The molecule has 11 heteroatoms. The van der Waals surface area contributed by atoms with Crippen LogP contribution in [0.3, 0.4) is 0 Å². The molecule has 1 heterocycles. The Morgan fingerprint density at radius 2 is 1.40 bits per heavy atom. The van der Waals surface area contributed by atoms with Gasteiger partial charge in [-0.3, -0.25) is 19.2 Å².